The molecule has 4 heteroatoms. The highest BCUT2D eigenvalue weighted by molar-refractivity contribution is 5.92. The van der Waals surface area contributed by atoms with Gasteiger partial charge in [0.05, 0.1) is 0 Å². The molecule has 1 amide bonds. The summed E-state index contributed by atoms with van der Waals surface area (Å²) in [4.78, 5) is 14.2. The van der Waals surface area contributed by atoms with Crippen LogP contribution < -0.4 is 5.32 Å². The van der Waals surface area contributed by atoms with E-state index in [4.69, 9.17) is 4.74 Å². The van der Waals surface area contributed by atoms with Crippen molar-refractivity contribution in [1.82, 2.24) is 4.90 Å². The second-order valence-corrected chi connectivity index (χ2v) is 5.31. The molecule has 1 aliphatic rings. The van der Waals surface area contributed by atoms with E-state index in [1.807, 2.05) is 32.3 Å². The third-order valence-electron chi connectivity index (χ3n) is 3.29. The van der Waals surface area contributed by atoms with E-state index in [1.54, 1.807) is 0 Å². The minimum atomic E-state index is 0.0891. The molecule has 4 nitrogen and oxygen atoms in total. The minimum Gasteiger partial charge on any atom is -0.381 e. The predicted octanol–water partition coefficient (Wildman–Crippen LogP) is 2.11. The van der Waals surface area contributed by atoms with Crippen molar-refractivity contribution in [2.75, 3.05) is 32.6 Å². The quantitative estimate of drug-likeness (QED) is 0.903. The van der Waals surface area contributed by atoms with Crippen molar-refractivity contribution in [2.45, 2.75) is 19.4 Å². The van der Waals surface area contributed by atoms with E-state index in [-0.39, 0.29) is 11.8 Å². The third kappa shape index (κ3) is 4.33. The van der Waals surface area contributed by atoms with Gasteiger partial charge in [-0.25, -0.2) is 0 Å². The molecule has 0 bridgehead atoms. The zero-order valence-corrected chi connectivity index (χ0v) is 11.7. The van der Waals surface area contributed by atoms with Crippen LogP contribution in [0.1, 0.15) is 18.4 Å². The molecular weight excluding hydrogens is 240 g/mol. The summed E-state index contributed by atoms with van der Waals surface area (Å²) in [6.07, 6.45) is 1.65. The lowest BCUT2D eigenvalue weighted by Gasteiger charge is -2.21. The van der Waals surface area contributed by atoms with Gasteiger partial charge in [-0.3, -0.25) is 4.79 Å². The SMILES string of the molecule is CN(C)Cc1cccc(NC(=O)C2CCOCC2)c1. The molecule has 1 aromatic carbocycles. The van der Waals surface area contributed by atoms with Crippen LogP contribution in [0.2, 0.25) is 0 Å². The van der Waals surface area contributed by atoms with E-state index < -0.39 is 0 Å². The van der Waals surface area contributed by atoms with Gasteiger partial charge in [0.1, 0.15) is 0 Å². The lowest BCUT2D eigenvalue weighted by atomic mass is 9.99. The van der Waals surface area contributed by atoms with Crippen LogP contribution in [0.5, 0.6) is 0 Å². The van der Waals surface area contributed by atoms with E-state index in [0.29, 0.717) is 13.2 Å². The molecule has 1 aromatic rings. The van der Waals surface area contributed by atoms with E-state index >= 15 is 0 Å². The second-order valence-electron chi connectivity index (χ2n) is 5.31. The fourth-order valence-electron chi connectivity index (χ4n) is 2.32. The summed E-state index contributed by atoms with van der Waals surface area (Å²) in [7, 11) is 4.07. The Morgan fingerprint density at radius 3 is 2.79 bits per heavy atom. The Morgan fingerprint density at radius 1 is 1.37 bits per heavy atom. The zero-order chi connectivity index (χ0) is 13.7. The van der Waals surface area contributed by atoms with Gasteiger partial charge in [0.2, 0.25) is 5.91 Å². The highest BCUT2D eigenvalue weighted by Crippen LogP contribution is 2.18. The molecule has 104 valence electrons. The highest BCUT2D eigenvalue weighted by atomic mass is 16.5. The number of hydrogen-bond donors (Lipinski definition) is 1. The van der Waals surface area contributed by atoms with E-state index in [0.717, 1.165) is 25.1 Å². The summed E-state index contributed by atoms with van der Waals surface area (Å²) in [5, 5.41) is 3.01. The van der Waals surface area contributed by atoms with Crippen LogP contribution in [0.25, 0.3) is 0 Å². The van der Waals surface area contributed by atoms with Crippen molar-refractivity contribution in [1.29, 1.82) is 0 Å². The number of hydrogen-bond acceptors (Lipinski definition) is 3. The highest BCUT2D eigenvalue weighted by Gasteiger charge is 2.21. The molecule has 1 heterocycles. The Morgan fingerprint density at radius 2 is 2.11 bits per heavy atom. The van der Waals surface area contributed by atoms with Crippen molar-refractivity contribution in [3.8, 4) is 0 Å². The first-order chi connectivity index (χ1) is 9.15. The molecule has 1 aliphatic heterocycles. The van der Waals surface area contributed by atoms with Gasteiger partial charge in [0.25, 0.3) is 0 Å². The standard InChI is InChI=1S/C15H22N2O2/c1-17(2)11-12-4-3-5-14(10-12)16-15(18)13-6-8-19-9-7-13/h3-5,10,13H,6-9,11H2,1-2H3,(H,16,18). The number of carbonyl (C=O) groups excluding carboxylic acids is 1. The Balaban J connectivity index is 1.96. The molecular formula is C15H22N2O2. The molecule has 1 N–H and O–H groups in total. The molecule has 0 saturated carbocycles. The van der Waals surface area contributed by atoms with Crippen molar-refractivity contribution < 1.29 is 9.53 Å². The van der Waals surface area contributed by atoms with Gasteiger partial charge in [-0.05, 0) is 44.6 Å². The van der Waals surface area contributed by atoms with Gasteiger partial charge in [-0.1, -0.05) is 12.1 Å². The van der Waals surface area contributed by atoms with Crippen molar-refractivity contribution in [3.05, 3.63) is 29.8 Å². The van der Waals surface area contributed by atoms with Crippen LogP contribution in [-0.2, 0) is 16.1 Å². The topological polar surface area (TPSA) is 41.6 Å². The van der Waals surface area contributed by atoms with Crippen LogP contribution in [0.3, 0.4) is 0 Å². The van der Waals surface area contributed by atoms with Crippen LogP contribution >= 0.6 is 0 Å². The predicted molar refractivity (Wildman–Crippen MR) is 76.0 cm³/mol. The van der Waals surface area contributed by atoms with E-state index in [2.05, 4.69) is 16.3 Å². The Kier molecular flexibility index (Phi) is 4.93. The number of benzene rings is 1. The lowest BCUT2D eigenvalue weighted by molar-refractivity contribution is -0.122. The van der Waals surface area contributed by atoms with Gasteiger partial charge >= 0.3 is 0 Å². The van der Waals surface area contributed by atoms with Crippen LogP contribution in [-0.4, -0.2) is 38.1 Å². The molecule has 1 fully saturated rings. The molecule has 2 rings (SSSR count). The fourth-order valence-corrected chi connectivity index (χ4v) is 2.32. The Hall–Kier alpha value is -1.39. The lowest BCUT2D eigenvalue weighted by Crippen LogP contribution is -2.28. The number of nitrogens with one attached hydrogen (secondary N) is 1. The number of anilines is 1. The Bertz CT molecular complexity index is 426. The number of carbonyl (C=O) groups is 1. The number of rotatable bonds is 4. The van der Waals surface area contributed by atoms with Crippen molar-refractivity contribution in [2.24, 2.45) is 5.92 Å². The summed E-state index contributed by atoms with van der Waals surface area (Å²) in [5.74, 6) is 0.205. The Labute approximate surface area is 114 Å². The monoisotopic (exact) mass is 262 g/mol. The number of nitrogens with zero attached hydrogens (tertiary/aromatic N) is 1. The minimum absolute atomic E-state index is 0.0891. The molecule has 19 heavy (non-hydrogen) atoms. The first kappa shape index (κ1) is 14.0. The van der Waals surface area contributed by atoms with Gasteiger partial charge < -0.3 is 15.0 Å². The number of amides is 1. The maximum absolute atomic E-state index is 12.1. The van der Waals surface area contributed by atoms with E-state index in [1.165, 1.54) is 5.56 Å². The zero-order valence-electron chi connectivity index (χ0n) is 11.7. The van der Waals surface area contributed by atoms with Gasteiger partial charge in [-0.2, -0.15) is 0 Å². The summed E-state index contributed by atoms with van der Waals surface area (Å²) < 4.78 is 5.28. The van der Waals surface area contributed by atoms with Crippen molar-refractivity contribution in [3.63, 3.8) is 0 Å². The summed E-state index contributed by atoms with van der Waals surface area (Å²) in [5.41, 5.74) is 2.09. The number of ether oxygens (including phenoxy) is 1. The van der Waals surface area contributed by atoms with E-state index in [9.17, 15) is 4.79 Å². The molecule has 0 aromatic heterocycles. The molecule has 0 radical (unpaired) electrons. The van der Waals surface area contributed by atoms with Gasteiger partial charge in [-0.15, -0.1) is 0 Å². The van der Waals surface area contributed by atoms with Gasteiger partial charge in [0.15, 0.2) is 0 Å². The second kappa shape index (κ2) is 6.68. The van der Waals surface area contributed by atoms with Crippen LogP contribution in [0.4, 0.5) is 5.69 Å². The smallest absolute Gasteiger partial charge is 0.227 e. The fraction of sp³-hybridized carbons (Fsp3) is 0.533. The largest absolute Gasteiger partial charge is 0.381 e. The first-order valence-electron chi connectivity index (χ1n) is 6.77. The van der Waals surface area contributed by atoms with Crippen LogP contribution in [0, 0.1) is 5.92 Å². The maximum atomic E-state index is 12.1. The third-order valence-corrected chi connectivity index (χ3v) is 3.29. The average molecular weight is 262 g/mol. The summed E-state index contributed by atoms with van der Waals surface area (Å²) in [6, 6.07) is 8.04. The molecule has 0 atom stereocenters. The molecule has 0 spiro atoms. The van der Waals surface area contributed by atoms with Crippen molar-refractivity contribution >= 4 is 11.6 Å². The molecule has 1 saturated heterocycles. The average Bonchev–Trinajstić information content (AvgIpc) is 2.39. The van der Waals surface area contributed by atoms with Gasteiger partial charge in [0, 0.05) is 31.4 Å². The maximum Gasteiger partial charge on any atom is 0.227 e. The summed E-state index contributed by atoms with van der Waals surface area (Å²) >= 11 is 0. The normalized spacial score (nSPS) is 16.6. The first-order valence-corrected chi connectivity index (χ1v) is 6.77. The van der Waals surface area contributed by atoms with Crippen LogP contribution in [0.15, 0.2) is 24.3 Å². The molecule has 0 aliphatic carbocycles. The summed E-state index contributed by atoms with van der Waals surface area (Å²) in [6.45, 7) is 2.26. The molecule has 0 unspecified atom stereocenters.